The van der Waals surface area contributed by atoms with E-state index in [4.69, 9.17) is 4.74 Å². The number of hydrogen-bond acceptors (Lipinski definition) is 3. The van der Waals surface area contributed by atoms with Gasteiger partial charge in [0.2, 0.25) is 5.91 Å². The molecule has 1 aliphatic rings. The molecule has 4 nitrogen and oxygen atoms in total. The van der Waals surface area contributed by atoms with E-state index >= 15 is 0 Å². The first kappa shape index (κ1) is 14.8. The zero-order valence-electron chi connectivity index (χ0n) is 11.3. The first-order valence-electron chi connectivity index (χ1n) is 7.01. The minimum absolute atomic E-state index is 0.146. The number of hydrogen-bond donors (Lipinski definition) is 2. The highest BCUT2D eigenvalue weighted by Crippen LogP contribution is 2.18. The van der Waals surface area contributed by atoms with Crippen LogP contribution in [-0.2, 0) is 4.79 Å². The Morgan fingerprint density at radius 3 is 2.95 bits per heavy atom. The standard InChI is InChI=1S/C15H20FNO3/c16-11-4-3-5-12(10-11)20-9-8-15(19)17-13-6-1-2-7-14(13)18/h3-5,10,13-14,18H,1-2,6-9H2,(H,17,19)/t13-,14-/m0/s1. The van der Waals surface area contributed by atoms with E-state index in [9.17, 15) is 14.3 Å². The molecular formula is C15H20FNO3. The molecule has 0 heterocycles. The second-order valence-electron chi connectivity index (χ2n) is 5.08. The van der Waals surface area contributed by atoms with Crippen molar-refractivity contribution in [2.24, 2.45) is 0 Å². The van der Waals surface area contributed by atoms with E-state index in [0.717, 1.165) is 25.7 Å². The maximum atomic E-state index is 12.9. The highest BCUT2D eigenvalue weighted by Gasteiger charge is 2.24. The molecular weight excluding hydrogens is 261 g/mol. The molecule has 5 heteroatoms. The fraction of sp³-hybridized carbons (Fsp3) is 0.533. The fourth-order valence-corrected chi connectivity index (χ4v) is 2.38. The summed E-state index contributed by atoms with van der Waals surface area (Å²) in [6.07, 6.45) is 3.34. The van der Waals surface area contributed by atoms with Gasteiger partial charge in [0.25, 0.3) is 0 Å². The van der Waals surface area contributed by atoms with Gasteiger partial charge in [0.05, 0.1) is 25.2 Å². The molecule has 2 atom stereocenters. The molecule has 0 bridgehead atoms. The van der Waals surface area contributed by atoms with Crippen LogP contribution in [0, 0.1) is 5.82 Å². The van der Waals surface area contributed by atoms with Gasteiger partial charge < -0.3 is 15.2 Å². The molecule has 110 valence electrons. The smallest absolute Gasteiger partial charge is 0.223 e. The summed E-state index contributed by atoms with van der Waals surface area (Å²) in [6.45, 7) is 0.193. The molecule has 1 saturated carbocycles. The normalized spacial score (nSPS) is 22.3. The van der Waals surface area contributed by atoms with Gasteiger partial charge in [0.15, 0.2) is 0 Å². The Morgan fingerprint density at radius 1 is 1.40 bits per heavy atom. The monoisotopic (exact) mass is 281 g/mol. The fourth-order valence-electron chi connectivity index (χ4n) is 2.38. The summed E-state index contributed by atoms with van der Waals surface area (Å²) in [7, 11) is 0. The van der Waals surface area contributed by atoms with E-state index in [2.05, 4.69) is 5.32 Å². The molecule has 1 aliphatic carbocycles. The quantitative estimate of drug-likeness (QED) is 0.868. The summed E-state index contributed by atoms with van der Waals surface area (Å²) in [5.41, 5.74) is 0. The van der Waals surface area contributed by atoms with Gasteiger partial charge in [0.1, 0.15) is 11.6 Å². The van der Waals surface area contributed by atoms with E-state index in [1.54, 1.807) is 12.1 Å². The van der Waals surface area contributed by atoms with Crippen LogP contribution in [0.1, 0.15) is 32.1 Å². The lowest BCUT2D eigenvalue weighted by Crippen LogP contribution is -2.45. The lowest BCUT2D eigenvalue weighted by atomic mass is 9.92. The van der Waals surface area contributed by atoms with Gasteiger partial charge in [-0.2, -0.15) is 0 Å². The Kier molecular flexibility index (Phi) is 5.35. The summed E-state index contributed by atoms with van der Waals surface area (Å²) in [5, 5.41) is 12.6. The molecule has 2 N–H and O–H groups in total. The summed E-state index contributed by atoms with van der Waals surface area (Å²) >= 11 is 0. The van der Waals surface area contributed by atoms with E-state index in [-0.39, 0.29) is 30.8 Å². The molecule has 1 amide bonds. The highest BCUT2D eigenvalue weighted by molar-refractivity contribution is 5.76. The van der Waals surface area contributed by atoms with Gasteiger partial charge in [-0.05, 0) is 25.0 Å². The molecule has 0 unspecified atom stereocenters. The average Bonchev–Trinajstić information content (AvgIpc) is 2.41. The zero-order chi connectivity index (χ0) is 14.4. The van der Waals surface area contributed by atoms with Crippen molar-refractivity contribution in [2.75, 3.05) is 6.61 Å². The number of carbonyl (C=O) groups is 1. The van der Waals surface area contributed by atoms with E-state index in [1.165, 1.54) is 12.1 Å². The summed E-state index contributed by atoms with van der Waals surface area (Å²) < 4.78 is 18.2. The molecule has 0 spiro atoms. The van der Waals surface area contributed by atoms with Crippen LogP contribution < -0.4 is 10.1 Å². The van der Waals surface area contributed by atoms with Crippen LogP contribution in [0.3, 0.4) is 0 Å². The number of benzene rings is 1. The Morgan fingerprint density at radius 2 is 2.20 bits per heavy atom. The Bertz CT molecular complexity index is 452. The van der Waals surface area contributed by atoms with E-state index in [0.29, 0.717) is 5.75 Å². The van der Waals surface area contributed by atoms with Crippen LogP contribution in [0.25, 0.3) is 0 Å². The maximum Gasteiger partial charge on any atom is 0.223 e. The second kappa shape index (κ2) is 7.24. The zero-order valence-corrected chi connectivity index (χ0v) is 11.3. The topological polar surface area (TPSA) is 58.6 Å². The Balaban J connectivity index is 1.70. The van der Waals surface area contributed by atoms with Gasteiger partial charge in [-0.25, -0.2) is 4.39 Å². The Labute approximate surface area is 117 Å². The number of carbonyl (C=O) groups excluding carboxylic acids is 1. The molecule has 0 aromatic heterocycles. The third-order valence-corrected chi connectivity index (χ3v) is 3.47. The van der Waals surface area contributed by atoms with Crippen molar-refractivity contribution < 1.29 is 19.0 Å². The molecule has 20 heavy (non-hydrogen) atoms. The number of rotatable bonds is 5. The first-order chi connectivity index (χ1) is 9.65. The number of aliphatic hydroxyl groups excluding tert-OH is 1. The van der Waals surface area contributed by atoms with Gasteiger partial charge >= 0.3 is 0 Å². The van der Waals surface area contributed by atoms with Crippen LogP contribution in [0.4, 0.5) is 4.39 Å². The minimum Gasteiger partial charge on any atom is -0.493 e. The third-order valence-electron chi connectivity index (χ3n) is 3.47. The average molecular weight is 281 g/mol. The molecule has 2 rings (SSSR count). The van der Waals surface area contributed by atoms with Crippen molar-refractivity contribution in [1.82, 2.24) is 5.32 Å². The first-order valence-corrected chi connectivity index (χ1v) is 7.01. The SMILES string of the molecule is O=C(CCOc1cccc(F)c1)N[C@H]1CCCC[C@@H]1O. The van der Waals surface area contributed by atoms with Crippen molar-refractivity contribution in [1.29, 1.82) is 0 Å². The summed E-state index contributed by atoms with van der Waals surface area (Å²) in [6, 6.07) is 5.67. The number of ether oxygens (including phenoxy) is 1. The number of amides is 1. The molecule has 1 fully saturated rings. The minimum atomic E-state index is -0.447. The molecule has 0 radical (unpaired) electrons. The van der Waals surface area contributed by atoms with Crippen molar-refractivity contribution in [2.45, 2.75) is 44.2 Å². The van der Waals surface area contributed by atoms with Crippen LogP contribution >= 0.6 is 0 Å². The summed E-state index contributed by atoms with van der Waals surface area (Å²) in [4.78, 5) is 11.7. The highest BCUT2D eigenvalue weighted by atomic mass is 19.1. The lowest BCUT2D eigenvalue weighted by molar-refractivity contribution is -0.123. The van der Waals surface area contributed by atoms with Gasteiger partial charge in [-0.3, -0.25) is 4.79 Å². The Hall–Kier alpha value is -1.62. The number of aliphatic hydroxyl groups is 1. The van der Waals surface area contributed by atoms with Gasteiger partial charge in [0, 0.05) is 6.07 Å². The molecule has 0 saturated heterocycles. The van der Waals surface area contributed by atoms with Crippen molar-refractivity contribution in [3.05, 3.63) is 30.1 Å². The molecule has 1 aromatic carbocycles. The number of nitrogens with one attached hydrogen (secondary N) is 1. The van der Waals surface area contributed by atoms with Crippen LogP contribution in [-0.4, -0.2) is 29.8 Å². The lowest BCUT2D eigenvalue weighted by Gasteiger charge is -2.28. The van der Waals surface area contributed by atoms with Gasteiger partial charge in [-0.1, -0.05) is 18.9 Å². The molecule has 1 aromatic rings. The van der Waals surface area contributed by atoms with Gasteiger partial charge in [-0.15, -0.1) is 0 Å². The van der Waals surface area contributed by atoms with Crippen LogP contribution in [0.5, 0.6) is 5.75 Å². The van der Waals surface area contributed by atoms with E-state index < -0.39 is 6.10 Å². The number of halogens is 1. The molecule has 0 aliphatic heterocycles. The third kappa shape index (κ3) is 4.49. The van der Waals surface area contributed by atoms with Crippen LogP contribution in [0.15, 0.2) is 24.3 Å². The summed E-state index contributed by atoms with van der Waals surface area (Å²) in [5.74, 6) is -0.0971. The van der Waals surface area contributed by atoms with E-state index in [1.807, 2.05) is 0 Å². The van der Waals surface area contributed by atoms with Crippen molar-refractivity contribution >= 4 is 5.91 Å². The second-order valence-corrected chi connectivity index (χ2v) is 5.08. The van der Waals surface area contributed by atoms with Crippen molar-refractivity contribution in [3.63, 3.8) is 0 Å². The maximum absolute atomic E-state index is 12.9. The van der Waals surface area contributed by atoms with Crippen molar-refractivity contribution in [3.8, 4) is 5.75 Å². The predicted octanol–water partition coefficient (Wildman–Crippen LogP) is 2.01. The largest absolute Gasteiger partial charge is 0.493 e. The predicted molar refractivity (Wildman–Crippen MR) is 72.9 cm³/mol. The van der Waals surface area contributed by atoms with Crippen LogP contribution in [0.2, 0.25) is 0 Å².